The van der Waals surface area contributed by atoms with Crippen LogP contribution in [0.25, 0.3) is 0 Å². The molecule has 1 fully saturated rings. The zero-order chi connectivity index (χ0) is 21.6. The number of anilines is 1. The molecule has 2 aromatic rings. The monoisotopic (exact) mass is 450 g/mol. The van der Waals surface area contributed by atoms with E-state index in [1.807, 2.05) is 30.3 Å². The minimum atomic E-state index is -3.40. The number of hydrogen-bond acceptors (Lipinski definition) is 4. The Kier molecular flexibility index (Phi) is 7.75. The van der Waals surface area contributed by atoms with Crippen LogP contribution in [0.15, 0.2) is 48.5 Å². The maximum Gasteiger partial charge on any atom is 0.228 e. The van der Waals surface area contributed by atoms with Crippen molar-refractivity contribution < 1.29 is 17.9 Å². The lowest BCUT2D eigenvalue weighted by Crippen LogP contribution is -2.44. The molecule has 162 valence electrons. The number of carbonyl (C=O) groups excluding carboxylic acids is 1. The quantitative estimate of drug-likeness (QED) is 0.660. The van der Waals surface area contributed by atoms with Crippen LogP contribution in [0.3, 0.4) is 0 Å². The van der Waals surface area contributed by atoms with E-state index in [1.165, 1.54) is 11.4 Å². The lowest BCUT2D eigenvalue weighted by Gasteiger charge is -2.31. The fourth-order valence-electron chi connectivity index (χ4n) is 3.65. The Morgan fingerprint density at radius 1 is 1.23 bits per heavy atom. The Labute approximate surface area is 183 Å². The summed E-state index contributed by atoms with van der Waals surface area (Å²) in [4.78, 5) is 12.8. The van der Waals surface area contributed by atoms with Crippen molar-refractivity contribution in [3.63, 3.8) is 0 Å². The third-order valence-corrected chi connectivity index (χ3v) is 7.44. The zero-order valence-electron chi connectivity index (χ0n) is 17.0. The van der Waals surface area contributed by atoms with Gasteiger partial charge in [0.1, 0.15) is 5.75 Å². The third-order valence-electron chi connectivity index (χ3n) is 5.28. The molecule has 30 heavy (non-hydrogen) atoms. The molecule has 1 atom stereocenters. The number of rotatable bonds is 8. The largest absolute Gasteiger partial charge is 0.495 e. The molecular weight excluding hydrogens is 424 g/mol. The molecule has 0 spiro atoms. The molecule has 1 N–H and O–H groups in total. The molecule has 0 saturated carbocycles. The van der Waals surface area contributed by atoms with Crippen LogP contribution in [-0.2, 0) is 21.2 Å². The number of halogens is 1. The predicted octanol–water partition coefficient (Wildman–Crippen LogP) is 3.96. The van der Waals surface area contributed by atoms with Gasteiger partial charge in [0.15, 0.2) is 0 Å². The van der Waals surface area contributed by atoms with E-state index in [1.54, 1.807) is 18.2 Å². The lowest BCUT2D eigenvalue weighted by atomic mass is 9.98. The fourth-order valence-corrected chi connectivity index (χ4v) is 5.41. The van der Waals surface area contributed by atoms with Crippen LogP contribution in [0.1, 0.15) is 24.8 Å². The summed E-state index contributed by atoms with van der Waals surface area (Å²) in [6, 6.07) is 14.8. The second kappa shape index (κ2) is 10.3. The van der Waals surface area contributed by atoms with E-state index in [9.17, 15) is 13.2 Å². The van der Waals surface area contributed by atoms with E-state index < -0.39 is 15.9 Å². The highest BCUT2D eigenvalue weighted by Crippen LogP contribution is 2.29. The molecule has 0 aliphatic carbocycles. The molecule has 3 rings (SSSR count). The highest BCUT2D eigenvalue weighted by Gasteiger charge is 2.32. The highest BCUT2D eigenvalue weighted by atomic mass is 35.5. The van der Waals surface area contributed by atoms with Gasteiger partial charge in [-0.2, -0.15) is 0 Å². The maximum absolute atomic E-state index is 12.8. The van der Waals surface area contributed by atoms with Gasteiger partial charge in [0.05, 0.1) is 24.5 Å². The number of carbonyl (C=O) groups is 1. The van der Waals surface area contributed by atoms with Gasteiger partial charge in [-0.3, -0.25) is 4.79 Å². The van der Waals surface area contributed by atoms with Crippen molar-refractivity contribution in [3.8, 4) is 5.75 Å². The molecule has 1 aliphatic rings. The Hall–Kier alpha value is -2.09. The second-order valence-electron chi connectivity index (χ2n) is 7.44. The molecule has 0 radical (unpaired) electrons. The predicted molar refractivity (Wildman–Crippen MR) is 119 cm³/mol. The first-order valence-electron chi connectivity index (χ1n) is 10.0. The van der Waals surface area contributed by atoms with Crippen molar-refractivity contribution in [2.45, 2.75) is 25.7 Å². The van der Waals surface area contributed by atoms with Crippen molar-refractivity contribution in [2.75, 3.05) is 31.3 Å². The zero-order valence-corrected chi connectivity index (χ0v) is 18.6. The van der Waals surface area contributed by atoms with Crippen LogP contribution in [0.2, 0.25) is 5.02 Å². The lowest BCUT2D eigenvalue weighted by molar-refractivity contribution is -0.120. The van der Waals surface area contributed by atoms with Gasteiger partial charge >= 0.3 is 0 Å². The molecular formula is C22H27ClN2O4S. The number of aryl methyl sites for hydroxylation is 1. The normalized spacial score (nSPS) is 17.5. The average Bonchev–Trinajstić information content (AvgIpc) is 2.74. The van der Waals surface area contributed by atoms with Gasteiger partial charge in [0.2, 0.25) is 15.9 Å². The summed E-state index contributed by atoms with van der Waals surface area (Å²) in [6.45, 7) is 0.653. The SMILES string of the molecule is COc1ccc(Cl)cc1NC(=O)[C@H]1CCCN(S(=O)(=O)CCCc2ccccc2)C1. The standard InChI is InChI=1S/C22H27ClN2O4S/c1-29-21-12-11-19(23)15-20(21)24-22(26)18-10-5-13-25(16-18)30(27,28)14-6-9-17-7-3-2-4-8-17/h2-4,7-8,11-12,15,18H,5-6,9-10,13-14,16H2,1H3,(H,24,26)/t18-/m0/s1. The van der Waals surface area contributed by atoms with Crippen LogP contribution in [0.4, 0.5) is 5.69 Å². The molecule has 1 amide bonds. The topological polar surface area (TPSA) is 75.7 Å². The molecule has 6 nitrogen and oxygen atoms in total. The van der Waals surface area contributed by atoms with E-state index in [4.69, 9.17) is 16.3 Å². The molecule has 8 heteroatoms. The number of nitrogens with zero attached hydrogens (tertiary/aromatic N) is 1. The van der Waals surface area contributed by atoms with Gasteiger partial charge in [-0.1, -0.05) is 41.9 Å². The summed E-state index contributed by atoms with van der Waals surface area (Å²) in [5.74, 6) is -0.0433. The Bertz CT molecular complexity index is 966. The van der Waals surface area contributed by atoms with E-state index in [0.29, 0.717) is 48.7 Å². The summed E-state index contributed by atoms with van der Waals surface area (Å²) in [7, 11) is -1.89. The summed E-state index contributed by atoms with van der Waals surface area (Å²) in [5.41, 5.74) is 1.61. The third kappa shape index (κ3) is 5.97. The number of ether oxygens (including phenoxy) is 1. The van der Waals surface area contributed by atoms with Gasteiger partial charge in [-0.25, -0.2) is 12.7 Å². The van der Waals surface area contributed by atoms with Crippen molar-refractivity contribution in [1.82, 2.24) is 4.31 Å². The summed E-state index contributed by atoms with van der Waals surface area (Å²) in [6.07, 6.45) is 2.57. The number of sulfonamides is 1. The maximum atomic E-state index is 12.8. The fraction of sp³-hybridized carbons (Fsp3) is 0.409. The van der Waals surface area contributed by atoms with Gasteiger partial charge in [0.25, 0.3) is 0 Å². The van der Waals surface area contributed by atoms with Crippen LogP contribution in [0, 0.1) is 5.92 Å². The van der Waals surface area contributed by atoms with Crippen LogP contribution in [-0.4, -0.2) is 44.6 Å². The number of hydrogen-bond donors (Lipinski definition) is 1. The average molecular weight is 451 g/mol. The summed E-state index contributed by atoms with van der Waals surface area (Å²) in [5, 5.41) is 3.32. The molecule has 0 bridgehead atoms. The van der Waals surface area contributed by atoms with Crippen LogP contribution < -0.4 is 10.1 Å². The van der Waals surface area contributed by atoms with Gasteiger partial charge < -0.3 is 10.1 Å². The minimum Gasteiger partial charge on any atom is -0.495 e. The first-order chi connectivity index (χ1) is 14.4. The van der Waals surface area contributed by atoms with Gasteiger partial charge in [-0.15, -0.1) is 0 Å². The Morgan fingerprint density at radius 2 is 2.00 bits per heavy atom. The van der Waals surface area contributed by atoms with E-state index in [0.717, 1.165) is 5.56 Å². The number of amides is 1. The van der Waals surface area contributed by atoms with Crippen molar-refractivity contribution in [3.05, 3.63) is 59.1 Å². The van der Waals surface area contributed by atoms with E-state index in [2.05, 4.69) is 5.32 Å². The first kappa shape index (κ1) is 22.6. The second-order valence-corrected chi connectivity index (χ2v) is 9.96. The molecule has 0 unspecified atom stereocenters. The molecule has 0 aromatic heterocycles. The summed E-state index contributed by atoms with van der Waals surface area (Å²) < 4.78 is 32.3. The van der Waals surface area contributed by atoms with Crippen molar-refractivity contribution >= 4 is 33.2 Å². The number of nitrogens with one attached hydrogen (secondary N) is 1. The van der Waals surface area contributed by atoms with Crippen LogP contribution in [0.5, 0.6) is 5.75 Å². The number of piperidine rings is 1. The first-order valence-corrected chi connectivity index (χ1v) is 12.0. The van der Waals surface area contributed by atoms with Crippen LogP contribution >= 0.6 is 11.6 Å². The van der Waals surface area contributed by atoms with Gasteiger partial charge in [0, 0.05) is 18.1 Å². The minimum absolute atomic E-state index is 0.0817. The number of benzene rings is 2. The molecule has 1 saturated heterocycles. The Morgan fingerprint density at radius 3 is 2.73 bits per heavy atom. The highest BCUT2D eigenvalue weighted by molar-refractivity contribution is 7.89. The molecule has 2 aromatic carbocycles. The van der Waals surface area contributed by atoms with Crippen molar-refractivity contribution in [1.29, 1.82) is 0 Å². The van der Waals surface area contributed by atoms with E-state index >= 15 is 0 Å². The number of methoxy groups -OCH3 is 1. The van der Waals surface area contributed by atoms with Crippen molar-refractivity contribution in [2.24, 2.45) is 5.92 Å². The summed E-state index contributed by atoms with van der Waals surface area (Å²) >= 11 is 6.02. The molecule has 1 heterocycles. The molecule has 1 aliphatic heterocycles. The smallest absolute Gasteiger partial charge is 0.228 e. The van der Waals surface area contributed by atoms with E-state index in [-0.39, 0.29) is 18.2 Å². The Balaban J connectivity index is 1.58. The van der Waals surface area contributed by atoms with Gasteiger partial charge in [-0.05, 0) is 49.4 Å².